The zero-order chi connectivity index (χ0) is 14.3. The molecule has 1 aromatic rings. The number of rotatable bonds is 7. The van der Waals surface area contributed by atoms with E-state index in [0.717, 1.165) is 0 Å². The largest absolute Gasteiger partial charge is 0.381 e. The molecule has 6 heteroatoms. The Morgan fingerprint density at radius 2 is 1.84 bits per heavy atom. The van der Waals surface area contributed by atoms with Gasteiger partial charge in [0.2, 0.25) is 5.91 Å². The molecular formula is C13H19NO4S. The molecule has 0 fully saturated rings. The van der Waals surface area contributed by atoms with E-state index in [0.29, 0.717) is 18.9 Å². The van der Waals surface area contributed by atoms with Crippen molar-refractivity contribution >= 4 is 21.4 Å². The highest BCUT2D eigenvalue weighted by molar-refractivity contribution is 7.91. The summed E-state index contributed by atoms with van der Waals surface area (Å²) in [5.74, 6) is -0.0906. The fraction of sp³-hybridized carbons (Fsp3) is 0.462. The molecule has 1 amide bonds. The number of amides is 1. The van der Waals surface area contributed by atoms with Crippen molar-refractivity contribution in [1.29, 1.82) is 0 Å². The van der Waals surface area contributed by atoms with Crippen molar-refractivity contribution in [2.24, 2.45) is 0 Å². The minimum atomic E-state index is -3.19. The fourth-order valence-corrected chi connectivity index (χ4v) is 2.33. The minimum absolute atomic E-state index is 0.0626. The van der Waals surface area contributed by atoms with Crippen LogP contribution in [0.2, 0.25) is 0 Å². The van der Waals surface area contributed by atoms with E-state index >= 15 is 0 Å². The maximum Gasteiger partial charge on any atom is 0.226 e. The van der Waals surface area contributed by atoms with Gasteiger partial charge >= 0.3 is 0 Å². The molecule has 0 saturated heterocycles. The van der Waals surface area contributed by atoms with Crippen LogP contribution in [-0.4, -0.2) is 33.3 Å². The van der Waals surface area contributed by atoms with Gasteiger partial charge in [-0.3, -0.25) is 4.79 Å². The summed E-state index contributed by atoms with van der Waals surface area (Å²) in [6.45, 7) is 4.42. The molecule has 0 radical (unpaired) electrons. The van der Waals surface area contributed by atoms with Crippen LogP contribution in [0.5, 0.6) is 0 Å². The van der Waals surface area contributed by atoms with E-state index in [2.05, 4.69) is 5.32 Å². The first-order chi connectivity index (χ1) is 8.99. The number of benzene rings is 1. The van der Waals surface area contributed by atoms with Crippen LogP contribution >= 0.6 is 0 Å². The Morgan fingerprint density at radius 3 is 2.37 bits per heavy atom. The number of hydrogen-bond acceptors (Lipinski definition) is 4. The third-order valence-electron chi connectivity index (χ3n) is 2.55. The molecule has 0 aliphatic rings. The number of carbonyl (C=O) groups is 1. The third kappa shape index (κ3) is 5.00. The number of carbonyl (C=O) groups excluding carboxylic acids is 1. The zero-order valence-electron chi connectivity index (χ0n) is 11.2. The number of ether oxygens (including phenoxy) is 1. The summed E-state index contributed by atoms with van der Waals surface area (Å²) in [5, 5.41) is 2.68. The molecule has 0 bridgehead atoms. The Bertz CT molecular complexity index is 508. The van der Waals surface area contributed by atoms with Crippen molar-refractivity contribution in [1.82, 2.24) is 0 Å². The van der Waals surface area contributed by atoms with Crippen LogP contribution < -0.4 is 5.32 Å². The molecule has 0 heterocycles. The van der Waals surface area contributed by atoms with Gasteiger partial charge in [0.05, 0.1) is 23.7 Å². The van der Waals surface area contributed by atoms with Crippen molar-refractivity contribution < 1.29 is 17.9 Å². The zero-order valence-corrected chi connectivity index (χ0v) is 12.0. The molecule has 0 atom stereocenters. The molecule has 0 aliphatic heterocycles. The van der Waals surface area contributed by atoms with E-state index in [4.69, 9.17) is 4.74 Å². The summed E-state index contributed by atoms with van der Waals surface area (Å²) in [4.78, 5) is 11.8. The Hall–Kier alpha value is -1.40. The first-order valence-corrected chi connectivity index (χ1v) is 7.85. The summed E-state index contributed by atoms with van der Waals surface area (Å²) >= 11 is 0. The van der Waals surface area contributed by atoms with E-state index in [1.54, 1.807) is 19.1 Å². The highest BCUT2D eigenvalue weighted by atomic mass is 32.2. The Labute approximate surface area is 113 Å². The molecular weight excluding hydrogens is 266 g/mol. The molecule has 1 N–H and O–H groups in total. The number of nitrogens with one attached hydrogen (secondary N) is 1. The fourth-order valence-electron chi connectivity index (χ4n) is 1.44. The summed E-state index contributed by atoms with van der Waals surface area (Å²) in [6.07, 6.45) is 0.281. The van der Waals surface area contributed by atoms with Gasteiger partial charge in [-0.2, -0.15) is 0 Å². The van der Waals surface area contributed by atoms with E-state index in [9.17, 15) is 13.2 Å². The van der Waals surface area contributed by atoms with Crippen molar-refractivity contribution in [3.63, 3.8) is 0 Å². The van der Waals surface area contributed by atoms with Crippen LogP contribution in [0.1, 0.15) is 20.3 Å². The first-order valence-electron chi connectivity index (χ1n) is 6.20. The average Bonchev–Trinajstić information content (AvgIpc) is 2.39. The van der Waals surface area contributed by atoms with Crippen molar-refractivity contribution in [3.05, 3.63) is 24.3 Å². The predicted octanol–water partition coefficient (Wildman–Crippen LogP) is 1.85. The van der Waals surface area contributed by atoms with Crippen LogP contribution in [0.25, 0.3) is 0 Å². The Kier molecular flexibility index (Phi) is 5.98. The summed E-state index contributed by atoms with van der Waals surface area (Å²) < 4.78 is 28.3. The maximum absolute atomic E-state index is 11.6. The molecule has 19 heavy (non-hydrogen) atoms. The number of anilines is 1. The van der Waals surface area contributed by atoms with E-state index < -0.39 is 9.84 Å². The lowest BCUT2D eigenvalue weighted by atomic mass is 10.3. The monoisotopic (exact) mass is 285 g/mol. The van der Waals surface area contributed by atoms with Gasteiger partial charge in [-0.25, -0.2) is 8.42 Å². The van der Waals surface area contributed by atoms with Crippen molar-refractivity contribution in [2.75, 3.05) is 24.3 Å². The summed E-state index contributed by atoms with van der Waals surface area (Å²) in [5.41, 5.74) is 0.580. The lowest BCUT2D eigenvalue weighted by Gasteiger charge is -2.06. The number of hydrogen-bond donors (Lipinski definition) is 1. The highest BCUT2D eigenvalue weighted by Gasteiger charge is 2.11. The predicted molar refractivity (Wildman–Crippen MR) is 73.9 cm³/mol. The first kappa shape index (κ1) is 15.7. The maximum atomic E-state index is 11.6. The Morgan fingerprint density at radius 1 is 1.21 bits per heavy atom. The SMILES string of the molecule is CCOCCC(=O)Nc1ccc(S(=O)(=O)CC)cc1. The molecule has 1 aromatic carbocycles. The van der Waals surface area contributed by atoms with Crippen LogP contribution in [-0.2, 0) is 19.4 Å². The van der Waals surface area contributed by atoms with E-state index in [1.807, 2.05) is 6.92 Å². The van der Waals surface area contributed by atoms with Crippen LogP contribution in [0.4, 0.5) is 5.69 Å². The molecule has 0 saturated carbocycles. The second-order valence-electron chi connectivity index (χ2n) is 3.92. The van der Waals surface area contributed by atoms with Crippen molar-refractivity contribution in [2.45, 2.75) is 25.2 Å². The average molecular weight is 285 g/mol. The summed E-state index contributed by atoms with van der Waals surface area (Å²) in [7, 11) is -3.19. The van der Waals surface area contributed by atoms with Gasteiger partial charge in [-0.05, 0) is 31.2 Å². The minimum Gasteiger partial charge on any atom is -0.381 e. The Balaban J connectivity index is 2.60. The molecule has 0 spiro atoms. The van der Waals surface area contributed by atoms with Crippen molar-refractivity contribution in [3.8, 4) is 0 Å². The van der Waals surface area contributed by atoms with Crippen LogP contribution in [0, 0.1) is 0 Å². The van der Waals surface area contributed by atoms with Gasteiger partial charge in [0.1, 0.15) is 0 Å². The topological polar surface area (TPSA) is 72.5 Å². The normalized spacial score (nSPS) is 11.3. The second kappa shape index (κ2) is 7.25. The molecule has 0 aromatic heterocycles. The lowest BCUT2D eigenvalue weighted by Crippen LogP contribution is -2.14. The van der Waals surface area contributed by atoms with E-state index in [1.165, 1.54) is 12.1 Å². The smallest absolute Gasteiger partial charge is 0.226 e. The van der Waals surface area contributed by atoms with Gasteiger partial charge < -0.3 is 10.1 Å². The van der Waals surface area contributed by atoms with Gasteiger partial charge in [-0.15, -0.1) is 0 Å². The van der Waals surface area contributed by atoms with Gasteiger partial charge in [0.15, 0.2) is 9.84 Å². The molecule has 0 unspecified atom stereocenters. The standard InChI is InChI=1S/C13H19NO4S/c1-3-18-10-9-13(15)14-11-5-7-12(8-6-11)19(16,17)4-2/h5-8H,3-4,9-10H2,1-2H3,(H,14,15). The third-order valence-corrected chi connectivity index (χ3v) is 4.31. The molecule has 106 valence electrons. The molecule has 0 aliphatic carbocycles. The summed E-state index contributed by atoms with van der Waals surface area (Å²) in [6, 6.07) is 6.16. The second-order valence-corrected chi connectivity index (χ2v) is 6.20. The van der Waals surface area contributed by atoms with Crippen LogP contribution in [0.15, 0.2) is 29.2 Å². The van der Waals surface area contributed by atoms with Gasteiger partial charge in [0.25, 0.3) is 0 Å². The van der Waals surface area contributed by atoms with Gasteiger partial charge in [-0.1, -0.05) is 6.92 Å². The highest BCUT2D eigenvalue weighted by Crippen LogP contribution is 2.15. The van der Waals surface area contributed by atoms with Crippen LogP contribution in [0.3, 0.4) is 0 Å². The molecule has 1 rings (SSSR count). The van der Waals surface area contributed by atoms with Gasteiger partial charge in [0, 0.05) is 12.3 Å². The quantitative estimate of drug-likeness (QED) is 0.776. The van der Waals surface area contributed by atoms with E-state index in [-0.39, 0.29) is 23.0 Å². The lowest BCUT2D eigenvalue weighted by molar-refractivity contribution is -0.117. The molecule has 5 nitrogen and oxygen atoms in total. The number of sulfone groups is 1.